The molecule has 1 atom stereocenters. The van der Waals surface area contributed by atoms with E-state index >= 15 is 0 Å². The molecule has 0 aliphatic carbocycles. The summed E-state index contributed by atoms with van der Waals surface area (Å²) in [5.74, 6) is 0.0650. The molecule has 106 valence electrons. The van der Waals surface area contributed by atoms with Crippen molar-refractivity contribution >= 4 is 29.2 Å². The van der Waals surface area contributed by atoms with Crippen LogP contribution in [-0.4, -0.2) is 29.1 Å². The number of nitrogens with two attached hydrogens (primary N) is 1. The Balaban J connectivity index is 2.51. The fourth-order valence-corrected chi connectivity index (χ4v) is 2.15. The van der Waals surface area contributed by atoms with Crippen molar-refractivity contribution in [1.29, 1.82) is 0 Å². The molecule has 0 spiro atoms. The van der Waals surface area contributed by atoms with Crippen LogP contribution in [0.3, 0.4) is 0 Å². The highest BCUT2D eigenvalue weighted by Gasteiger charge is 2.05. The third-order valence-corrected chi connectivity index (χ3v) is 4.29. The lowest BCUT2D eigenvalue weighted by Crippen LogP contribution is -2.18. The van der Waals surface area contributed by atoms with Gasteiger partial charge in [-0.2, -0.15) is 11.8 Å². The van der Waals surface area contributed by atoms with E-state index in [-0.39, 0.29) is 5.84 Å². The summed E-state index contributed by atoms with van der Waals surface area (Å²) < 4.78 is 0. The molecule has 0 saturated carbocycles. The van der Waals surface area contributed by atoms with Crippen LogP contribution in [0.2, 0.25) is 5.02 Å². The van der Waals surface area contributed by atoms with Crippen molar-refractivity contribution in [3.05, 3.63) is 34.3 Å². The van der Waals surface area contributed by atoms with Gasteiger partial charge in [0, 0.05) is 22.4 Å². The fraction of sp³-hybridized carbons (Fsp3) is 0.462. The average Bonchev–Trinajstić information content (AvgIpc) is 2.43. The molecule has 4 N–H and O–H groups in total. The Morgan fingerprint density at radius 3 is 2.89 bits per heavy atom. The van der Waals surface area contributed by atoms with Gasteiger partial charge in [0.15, 0.2) is 5.84 Å². The molecule has 0 amide bonds. The zero-order chi connectivity index (χ0) is 14.3. The molecule has 0 radical (unpaired) electrons. The Labute approximate surface area is 123 Å². The number of halogens is 1. The quantitative estimate of drug-likeness (QED) is 0.238. The number of thioether (sulfide) groups is 1. The average molecular weight is 302 g/mol. The summed E-state index contributed by atoms with van der Waals surface area (Å²) in [5, 5.41) is 16.2. The minimum Gasteiger partial charge on any atom is -0.409 e. The SMILES string of the molecule is CSC(C)CCNCc1ccc(/C(N)=N/O)cc1Cl. The van der Waals surface area contributed by atoms with Crippen molar-refractivity contribution in [3.63, 3.8) is 0 Å². The Morgan fingerprint density at radius 1 is 1.58 bits per heavy atom. The molecule has 0 aromatic heterocycles. The van der Waals surface area contributed by atoms with Gasteiger partial charge < -0.3 is 16.3 Å². The number of oxime groups is 1. The molecule has 0 heterocycles. The highest BCUT2D eigenvalue weighted by Crippen LogP contribution is 2.18. The van der Waals surface area contributed by atoms with Gasteiger partial charge in [0.25, 0.3) is 0 Å². The van der Waals surface area contributed by atoms with Crippen molar-refractivity contribution < 1.29 is 5.21 Å². The van der Waals surface area contributed by atoms with Crippen LogP contribution in [0.1, 0.15) is 24.5 Å². The first-order valence-corrected chi connectivity index (χ1v) is 7.75. The molecule has 1 aromatic carbocycles. The first-order chi connectivity index (χ1) is 9.08. The van der Waals surface area contributed by atoms with E-state index in [0.29, 0.717) is 15.8 Å². The maximum absolute atomic E-state index is 8.60. The normalized spacial score (nSPS) is 13.5. The van der Waals surface area contributed by atoms with E-state index in [9.17, 15) is 0 Å². The van der Waals surface area contributed by atoms with Crippen molar-refractivity contribution in [3.8, 4) is 0 Å². The number of nitrogens with zero attached hydrogens (tertiary/aromatic N) is 1. The first-order valence-electron chi connectivity index (χ1n) is 6.08. The van der Waals surface area contributed by atoms with E-state index in [1.165, 1.54) is 0 Å². The Hall–Kier alpha value is -0.910. The van der Waals surface area contributed by atoms with E-state index in [2.05, 4.69) is 23.7 Å². The van der Waals surface area contributed by atoms with Crippen LogP contribution in [0.5, 0.6) is 0 Å². The number of rotatable bonds is 7. The molecule has 0 fully saturated rings. The largest absolute Gasteiger partial charge is 0.409 e. The van der Waals surface area contributed by atoms with Crippen LogP contribution < -0.4 is 11.1 Å². The lowest BCUT2D eigenvalue weighted by molar-refractivity contribution is 0.318. The van der Waals surface area contributed by atoms with Gasteiger partial charge in [0.05, 0.1) is 0 Å². The molecule has 1 aromatic rings. The fourth-order valence-electron chi connectivity index (χ4n) is 1.55. The van der Waals surface area contributed by atoms with Gasteiger partial charge in [-0.3, -0.25) is 0 Å². The molecular formula is C13H20ClN3OS. The summed E-state index contributed by atoms with van der Waals surface area (Å²) in [5.41, 5.74) is 7.13. The third-order valence-electron chi connectivity index (χ3n) is 2.90. The van der Waals surface area contributed by atoms with Crippen LogP contribution in [-0.2, 0) is 6.54 Å². The molecule has 0 aliphatic heterocycles. The van der Waals surface area contributed by atoms with E-state index < -0.39 is 0 Å². The number of amidine groups is 1. The van der Waals surface area contributed by atoms with Crippen molar-refractivity contribution in [2.45, 2.75) is 25.1 Å². The molecule has 19 heavy (non-hydrogen) atoms. The smallest absolute Gasteiger partial charge is 0.170 e. The molecule has 1 unspecified atom stereocenters. The van der Waals surface area contributed by atoms with Crippen molar-refractivity contribution in [2.24, 2.45) is 10.9 Å². The van der Waals surface area contributed by atoms with Crippen LogP contribution in [0.4, 0.5) is 0 Å². The number of hydrogen-bond acceptors (Lipinski definition) is 4. The van der Waals surface area contributed by atoms with Gasteiger partial charge in [-0.25, -0.2) is 0 Å². The summed E-state index contributed by atoms with van der Waals surface area (Å²) in [6.07, 6.45) is 3.24. The highest BCUT2D eigenvalue weighted by atomic mass is 35.5. The Kier molecular flexibility index (Phi) is 7.05. The van der Waals surface area contributed by atoms with Crippen LogP contribution in [0.25, 0.3) is 0 Å². The van der Waals surface area contributed by atoms with Crippen LogP contribution in [0.15, 0.2) is 23.4 Å². The molecule has 6 heteroatoms. The topological polar surface area (TPSA) is 70.6 Å². The summed E-state index contributed by atoms with van der Waals surface area (Å²) in [6.45, 7) is 3.89. The Bertz CT molecular complexity index is 440. The minimum absolute atomic E-state index is 0.0650. The monoisotopic (exact) mass is 301 g/mol. The van der Waals surface area contributed by atoms with Crippen LogP contribution in [0, 0.1) is 0 Å². The number of benzene rings is 1. The molecule has 0 saturated heterocycles. The van der Waals surface area contributed by atoms with Gasteiger partial charge in [-0.1, -0.05) is 35.8 Å². The summed E-state index contributed by atoms with van der Waals surface area (Å²) in [6, 6.07) is 5.39. The predicted molar refractivity (Wildman–Crippen MR) is 83.3 cm³/mol. The van der Waals surface area contributed by atoms with E-state index in [1.54, 1.807) is 12.1 Å². The Morgan fingerprint density at radius 2 is 2.32 bits per heavy atom. The minimum atomic E-state index is 0.0650. The molecule has 0 aliphatic rings. The first kappa shape index (κ1) is 16.1. The van der Waals surface area contributed by atoms with Crippen molar-refractivity contribution in [2.75, 3.05) is 12.8 Å². The van der Waals surface area contributed by atoms with Crippen molar-refractivity contribution in [1.82, 2.24) is 5.32 Å². The summed E-state index contributed by atoms with van der Waals surface area (Å²) in [7, 11) is 0. The van der Waals surface area contributed by atoms with Gasteiger partial charge >= 0.3 is 0 Å². The van der Waals surface area contributed by atoms with E-state index in [0.717, 1.165) is 25.1 Å². The second-order valence-corrected chi connectivity index (χ2v) is 5.99. The summed E-state index contributed by atoms with van der Waals surface area (Å²) in [4.78, 5) is 0. The van der Waals surface area contributed by atoms with Crippen LogP contribution >= 0.6 is 23.4 Å². The lowest BCUT2D eigenvalue weighted by atomic mass is 10.1. The zero-order valence-corrected chi connectivity index (χ0v) is 12.8. The second kappa shape index (κ2) is 8.30. The number of nitrogens with one attached hydrogen (secondary N) is 1. The van der Waals surface area contributed by atoms with E-state index in [4.69, 9.17) is 22.5 Å². The molecule has 1 rings (SSSR count). The molecule has 4 nitrogen and oxygen atoms in total. The van der Waals surface area contributed by atoms with Gasteiger partial charge in [0.2, 0.25) is 0 Å². The van der Waals surface area contributed by atoms with Gasteiger partial charge in [-0.15, -0.1) is 0 Å². The summed E-state index contributed by atoms with van der Waals surface area (Å²) >= 11 is 8.03. The maximum Gasteiger partial charge on any atom is 0.170 e. The third kappa shape index (κ3) is 5.30. The lowest BCUT2D eigenvalue weighted by Gasteiger charge is -2.10. The molecular weight excluding hydrogens is 282 g/mol. The standard InChI is InChI=1S/C13H20ClN3OS/c1-9(19-2)5-6-16-8-11-4-3-10(7-12(11)14)13(15)17-18/h3-4,7,9,16,18H,5-6,8H2,1-2H3,(H2,15,17). The van der Waals surface area contributed by atoms with Gasteiger partial charge in [-0.05, 0) is 30.9 Å². The second-order valence-electron chi connectivity index (χ2n) is 4.30. The predicted octanol–water partition coefficient (Wildman–Crippen LogP) is 2.67. The maximum atomic E-state index is 8.60. The zero-order valence-electron chi connectivity index (χ0n) is 11.2. The molecule has 0 bridgehead atoms. The van der Waals surface area contributed by atoms with E-state index in [1.807, 2.05) is 17.8 Å². The van der Waals surface area contributed by atoms with Gasteiger partial charge in [0.1, 0.15) is 0 Å². The highest BCUT2D eigenvalue weighted by molar-refractivity contribution is 7.99. The number of hydrogen-bond donors (Lipinski definition) is 3.